The molecule has 4 rings (SSSR count). The van der Waals surface area contributed by atoms with E-state index in [4.69, 9.17) is 0 Å². The number of nitrogens with zero attached hydrogens (tertiary/aromatic N) is 4. The number of aliphatic hydroxyl groups is 1. The first-order valence-corrected chi connectivity index (χ1v) is 11.4. The molecular formula is C22H32N4OS. The zero-order chi connectivity index (χ0) is 19.2. The van der Waals surface area contributed by atoms with Crippen molar-refractivity contribution in [1.29, 1.82) is 0 Å². The standard InChI is InChI=1S/C22H32N4OS/c27-14-8-21-17-25(12-13-26(21)18-22-5-3-15-28-22)20-6-10-24(11-7-20)16-19-4-1-2-9-23-19/h1-5,9,15,20-21,27H,6-8,10-14,16-18H2/t21-/m0/s1. The molecule has 2 aliphatic heterocycles. The predicted molar refractivity (Wildman–Crippen MR) is 114 cm³/mol. The molecule has 0 spiro atoms. The second kappa shape index (κ2) is 9.94. The number of piperazine rings is 1. The molecule has 2 saturated heterocycles. The molecule has 0 aliphatic carbocycles. The Kier molecular flexibility index (Phi) is 7.09. The summed E-state index contributed by atoms with van der Waals surface area (Å²) in [7, 11) is 0. The molecule has 6 heteroatoms. The third kappa shape index (κ3) is 5.19. The summed E-state index contributed by atoms with van der Waals surface area (Å²) in [5.74, 6) is 0. The molecule has 152 valence electrons. The summed E-state index contributed by atoms with van der Waals surface area (Å²) < 4.78 is 0. The summed E-state index contributed by atoms with van der Waals surface area (Å²) in [5, 5.41) is 11.7. The molecule has 1 N–H and O–H groups in total. The lowest BCUT2D eigenvalue weighted by atomic mass is 9.99. The van der Waals surface area contributed by atoms with Gasteiger partial charge in [-0.25, -0.2) is 0 Å². The van der Waals surface area contributed by atoms with Gasteiger partial charge in [0.2, 0.25) is 0 Å². The van der Waals surface area contributed by atoms with Crippen LogP contribution in [0.4, 0.5) is 0 Å². The predicted octanol–water partition coefficient (Wildman–Crippen LogP) is 2.68. The minimum Gasteiger partial charge on any atom is -0.396 e. The van der Waals surface area contributed by atoms with Crippen molar-refractivity contribution in [2.75, 3.05) is 39.3 Å². The minimum absolute atomic E-state index is 0.280. The van der Waals surface area contributed by atoms with Crippen LogP contribution in [0, 0.1) is 0 Å². The monoisotopic (exact) mass is 400 g/mol. The number of hydrogen-bond donors (Lipinski definition) is 1. The maximum Gasteiger partial charge on any atom is 0.0543 e. The van der Waals surface area contributed by atoms with Gasteiger partial charge in [-0.05, 0) is 42.8 Å². The summed E-state index contributed by atoms with van der Waals surface area (Å²) in [6.45, 7) is 7.93. The Balaban J connectivity index is 1.28. The van der Waals surface area contributed by atoms with Gasteiger partial charge in [-0.15, -0.1) is 11.3 Å². The maximum absolute atomic E-state index is 9.58. The summed E-state index contributed by atoms with van der Waals surface area (Å²) in [5.41, 5.74) is 1.17. The molecule has 28 heavy (non-hydrogen) atoms. The molecule has 2 fully saturated rings. The van der Waals surface area contributed by atoms with Crippen LogP contribution < -0.4 is 0 Å². The average molecular weight is 401 g/mol. The smallest absolute Gasteiger partial charge is 0.0543 e. The van der Waals surface area contributed by atoms with E-state index in [1.807, 2.05) is 23.6 Å². The molecule has 1 atom stereocenters. The van der Waals surface area contributed by atoms with E-state index in [-0.39, 0.29) is 6.61 Å². The van der Waals surface area contributed by atoms with E-state index >= 15 is 0 Å². The molecular weight excluding hydrogens is 368 g/mol. The first-order valence-electron chi connectivity index (χ1n) is 10.6. The number of hydrogen-bond acceptors (Lipinski definition) is 6. The van der Waals surface area contributed by atoms with Crippen molar-refractivity contribution in [3.63, 3.8) is 0 Å². The molecule has 4 heterocycles. The summed E-state index contributed by atoms with van der Waals surface area (Å²) in [4.78, 5) is 13.7. The summed E-state index contributed by atoms with van der Waals surface area (Å²) in [6.07, 6.45) is 5.24. The highest BCUT2D eigenvalue weighted by atomic mass is 32.1. The molecule has 0 amide bonds. The van der Waals surface area contributed by atoms with Crippen LogP contribution in [0.15, 0.2) is 41.9 Å². The van der Waals surface area contributed by atoms with Crippen molar-refractivity contribution >= 4 is 11.3 Å². The van der Waals surface area contributed by atoms with E-state index in [2.05, 4.69) is 49.3 Å². The van der Waals surface area contributed by atoms with Crippen molar-refractivity contribution in [3.8, 4) is 0 Å². The van der Waals surface area contributed by atoms with Gasteiger partial charge in [-0.1, -0.05) is 12.1 Å². The number of thiophene rings is 1. The number of aromatic nitrogens is 1. The van der Waals surface area contributed by atoms with Crippen LogP contribution in [0.2, 0.25) is 0 Å². The van der Waals surface area contributed by atoms with Crippen molar-refractivity contribution in [3.05, 3.63) is 52.5 Å². The Morgan fingerprint density at radius 1 is 1.04 bits per heavy atom. The molecule has 2 aromatic rings. The molecule has 2 aliphatic rings. The number of pyridine rings is 1. The van der Waals surface area contributed by atoms with E-state index < -0.39 is 0 Å². The third-order valence-corrected chi connectivity index (χ3v) is 7.08. The third-order valence-electron chi connectivity index (χ3n) is 6.22. The SMILES string of the molecule is OCC[C@H]1CN(C2CCN(Cc3ccccn3)CC2)CCN1Cc1cccs1. The Hall–Kier alpha value is -1.31. The Labute approximate surface area is 172 Å². The largest absolute Gasteiger partial charge is 0.396 e. The fraction of sp³-hybridized carbons (Fsp3) is 0.591. The second-order valence-corrected chi connectivity index (χ2v) is 9.07. The first kappa shape index (κ1) is 20.0. The van der Waals surface area contributed by atoms with Gasteiger partial charge in [0.1, 0.15) is 0 Å². The van der Waals surface area contributed by atoms with Gasteiger partial charge in [0, 0.05) is 75.6 Å². The molecule has 0 bridgehead atoms. The summed E-state index contributed by atoms with van der Waals surface area (Å²) in [6, 6.07) is 11.7. The molecule has 0 aromatic carbocycles. The zero-order valence-electron chi connectivity index (χ0n) is 16.6. The number of rotatable bonds is 7. The normalized spacial score (nSPS) is 23.2. The number of aliphatic hydroxyl groups excluding tert-OH is 1. The maximum atomic E-state index is 9.58. The number of likely N-dealkylation sites (tertiary alicyclic amines) is 1. The first-order chi connectivity index (χ1) is 13.8. The van der Waals surface area contributed by atoms with Gasteiger partial charge in [0.15, 0.2) is 0 Å². The highest BCUT2D eigenvalue weighted by Gasteiger charge is 2.32. The molecule has 2 aromatic heterocycles. The van der Waals surface area contributed by atoms with Crippen LogP contribution in [0.1, 0.15) is 29.8 Å². The van der Waals surface area contributed by atoms with Crippen LogP contribution in [0.25, 0.3) is 0 Å². The van der Waals surface area contributed by atoms with Crippen LogP contribution in [-0.4, -0.2) is 76.2 Å². The lowest BCUT2D eigenvalue weighted by molar-refractivity contribution is 0.0126. The quantitative estimate of drug-likeness (QED) is 0.774. The van der Waals surface area contributed by atoms with Gasteiger partial charge >= 0.3 is 0 Å². The Morgan fingerprint density at radius 3 is 2.64 bits per heavy atom. The molecule has 0 radical (unpaired) electrons. The van der Waals surface area contributed by atoms with Crippen LogP contribution in [-0.2, 0) is 13.1 Å². The molecule has 5 nitrogen and oxygen atoms in total. The molecule has 0 unspecified atom stereocenters. The topological polar surface area (TPSA) is 42.8 Å². The summed E-state index contributed by atoms with van der Waals surface area (Å²) >= 11 is 1.84. The van der Waals surface area contributed by atoms with Gasteiger partial charge < -0.3 is 5.11 Å². The number of piperidine rings is 1. The van der Waals surface area contributed by atoms with Crippen molar-refractivity contribution in [2.24, 2.45) is 0 Å². The van der Waals surface area contributed by atoms with Crippen molar-refractivity contribution in [2.45, 2.75) is 44.4 Å². The van der Waals surface area contributed by atoms with E-state index in [1.165, 1.54) is 23.4 Å². The highest BCUT2D eigenvalue weighted by Crippen LogP contribution is 2.24. The van der Waals surface area contributed by atoms with Crippen LogP contribution >= 0.6 is 11.3 Å². The lowest BCUT2D eigenvalue weighted by Gasteiger charge is -2.46. The molecule has 0 saturated carbocycles. The lowest BCUT2D eigenvalue weighted by Crippen LogP contribution is -2.57. The fourth-order valence-corrected chi connectivity index (χ4v) is 5.38. The second-order valence-electron chi connectivity index (χ2n) is 8.04. The van der Waals surface area contributed by atoms with E-state index in [9.17, 15) is 5.11 Å². The van der Waals surface area contributed by atoms with Gasteiger partial charge in [-0.2, -0.15) is 0 Å². The zero-order valence-corrected chi connectivity index (χ0v) is 17.4. The van der Waals surface area contributed by atoms with E-state index in [1.54, 1.807) is 0 Å². The average Bonchev–Trinajstić information content (AvgIpc) is 3.24. The Bertz CT molecular complexity index is 688. The van der Waals surface area contributed by atoms with E-state index in [0.717, 1.165) is 52.2 Å². The van der Waals surface area contributed by atoms with Crippen molar-refractivity contribution in [1.82, 2.24) is 19.7 Å². The van der Waals surface area contributed by atoms with Gasteiger partial charge in [0.25, 0.3) is 0 Å². The van der Waals surface area contributed by atoms with Crippen molar-refractivity contribution < 1.29 is 5.11 Å². The Morgan fingerprint density at radius 2 is 1.93 bits per heavy atom. The van der Waals surface area contributed by atoms with Crippen LogP contribution in [0.5, 0.6) is 0 Å². The fourth-order valence-electron chi connectivity index (χ4n) is 4.65. The highest BCUT2D eigenvalue weighted by molar-refractivity contribution is 7.09. The van der Waals surface area contributed by atoms with Gasteiger partial charge in [-0.3, -0.25) is 19.7 Å². The van der Waals surface area contributed by atoms with Gasteiger partial charge in [0.05, 0.1) is 5.69 Å². The van der Waals surface area contributed by atoms with Crippen LogP contribution in [0.3, 0.4) is 0 Å². The van der Waals surface area contributed by atoms with E-state index in [0.29, 0.717) is 12.1 Å². The minimum atomic E-state index is 0.280.